The van der Waals surface area contributed by atoms with E-state index in [1.165, 1.54) is 5.32 Å². The van der Waals surface area contributed by atoms with Crippen molar-refractivity contribution in [3.05, 3.63) is 0 Å². The van der Waals surface area contributed by atoms with Crippen molar-refractivity contribution in [3.63, 3.8) is 0 Å². The summed E-state index contributed by atoms with van der Waals surface area (Å²) in [5.74, 6) is 0.674. The number of rotatable bonds is 1. The molecule has 0 saturated heterocycles. The van der Waals surface area contributed by atoms with Crippen LogP contribution in [0, 0.1) is 5.92 Å². The van der Waals surface area contributed by atoms with Crippen LogP contribution in [0.15, 0.2) is 4.99 Å². The third-order valence-corrected chi connectivity index (χ3v) is 3.37. The Kier molecular flexibility index (Phi) is 2.14. The molecule has 0 fully saturated rings. The Morgan fingerprint density at radius 3 is 2.67 bits per heavy atom. The second kappa shape index (κ2) is 2.72. The van der Waals surface area contributed by atoms with Crippen molar-refractivity contribution in [1.29, 1.82) is 0 Å². The van der Waals surface area contributed by atoms with Crippen molar-refractivity contribution >= 4 is 19.7 Å². The summed E-state index contributed by atoms with van der Waals surface area (Å²) in [4.78, 5) is 4.31. The molecule has 2 nitrogen and oxygen atoms in total. The summed E-state index contributed by atoms with van der Waals surface area (Å²) in [5, 5.41) is 1.22. The van der Waals surface area contributed by atoms with Crippen LogP contribution in [0.3, 0.4) is 0 Å². The summed E-state index contributed by atoms with van der Waals surface area (Å²) >= 11 is 0.509. The first-order chi connectivity index (χ1) is 4.20. The molecule has 1 aliphatic heterocycles. The number of amidine groups is 1. The molecule has 0 radical (unpaired) electrons. The molecule has 0 aromatic rings. The third kappa shape index (κ3) is 1.70. The molecule has 0 unspecified atom stereocenters. The Morgan fingerprint density at radius 1 is 1.78 bits per heavy atom. The van der Waals surface area contributed by atoms with Crippen molar-refractivity contribution in [1.82, 2.24) is 0 Å². The van der Waals surface area contributed by atoms with E-state index >= 15 is 0 Å². The molecule has 1 aliphatic rings. The summed E-state index contributed by atoms with van der Waals surface area (Å²) in [6.45, 7) is 4.39. The Labute approximate surface area is 62.1 Å². The van der Waals surface area contributed by atoms with E-state index in [0.29, 0.717) is 26.9 Å². The van der Waals surface area contributed by atoms with E-state index in [0.717, 1.165) is 4.73 Å². The van der Waals surface area contributed by atoms with Crippen LogP contribution in [0.5, 0.6) is 0 Å². The molecule has 1 rings (SSSR count). The van der Waals surface area contributed by atoms with Gasteiger partial charge in [-0.3, -0.25) is 0 Å². The number of aliphatic imine (C=N–C) groups is 1. The molecule has 2 N–H and O–H groups in total. The molecule has 3 heteroatoms. The van der Waals surface area contributed by atoms with Gasteiger partial charge in [-0.2, -0.15) is 0 Å². The van der Waals surface area contributed by atoms with Crippen LogP contribution in [-0.2, 0) is 0 Å². The summed E-state index contributed by atoms with van der Waals surface area (Å²) in [6, 6.07) is 0.532. The van der Waals surface area contributed by atoms with Crippen molar-refractivity contribution < 1.29 is 0 Å². The van der Waals surface area contributed by atoms with Gasteiger partial charge < -0.3 is 0 Å². The van der Waals surface area contributed by atoms with Crippen LogP contribution in [0.4, 0.5) is 0 Å². The van der Waals surface area contributed by atoms with E-state index in [1.54, 1.807) is 0 Å². The standard InChI is InChI=1S/C6H12N2Se/c1-4(2)5-3-9-6(7)8-5/h4-5H,3H2,1-2H3,(H2,7,8)/t5-/m0/s1. The molecular weight excluding hydrogens is 179 g/mol. The van der Waals surface area contributed by atoms with Gasteiger partial charge in [-0.15, -0.1) is 0 Å². The maximum absolute atomic E-state index is 5.54. The third-order valence-electron chi connectivity index (χ3n) is 1.46. The fourth-order valence-electron chi connectivity index (χ4n) is 0.750. The SMILES string of the molecule is CC(C)[C@@H]1C[Se]C(N)=N1. The molecule has 0 aliphatic carbocycles. The zero-order valence-electron chi connectivity index (χ0n) is 5.79. The fourth-order valence-corrected chi connectivity index (χ4v) is 2.87. The minimum atomic E-state index is 0.509. The molecular formula is C6H12N2Se. The number of hydrogen-bond donors (Lipinski definition) is 1. The topological polar surface area (TPSA) is 38.4 Å². The summed E-state index contributed by atoms with van der Waals surface area (Å²) in [5.41, 5.74) is 5.54. The van der Waals surface area contributed by atoms with Crippen LogP contribution in [0.1, 0.15) is 13.8 Å². The molecule has 9 heavy (non-hydrogen) atoms. The monoisotopic (exact) mass is 192 g/mol. The molecule has 0 aromatic heterocycles. The van der Waals surface area contributed by atoms with Crippen LogP contribution in [0.2, 0.25) is 5.32 Å². The molecule has 0 aromatic carbocycles. The first-order valence-corrected chi connectivity index (χ1v) is 5.23. The van der Waals surface area contributed by atoms with Gasteiger partial charge in [0.15, 0.2) is 0 Å². The average molecular weight is 191 g/mol. The normalized spacial score (nSPS) is 27.0. The Balaban J connectivity index is 2.47. The van der Waals surface area contributed by atoms with E-state index in [9.17, 15) is 0 Å². The van der Waals surface area contributed by atoms with Crippen LogP contribution >= 0.6 is 0 Å². The number of hydrogen-bond acceptors (Lipinski definition) is 2. The van der Waals surface area contributed by atoms with Crippen molar-refractivity contribution in [2.75, 3.05) is 0 Å². The predicted molar refractivity (Wildman–Crippen MR) is 40.8 cm³/mol. The zero-order valence-corrected chi connectivity index (χ0v) is 7.51. The van der Waals surface area contributed by atoms with E-state index < -0.39 is 0 Å². The minimum absolute atomic E-state index is 0.509. The Bertz CT molecular complexity index is 131. The first-order valence-electron chi connectivity index (χ1n) is 3.16. The van der Waals surface area contributed by atoms with Gasteiger partial charge in [-0.1, -0.05) is 0 Å². The van der Waals surface area contributed by atoms with E-state index in [1.807, 2.05) is 0 Å². The average Bonchev–Trinajstić information content (AvgIpc) is 2.14. The van der Waals surface area contributed by atoms with Crippen LogP contribution in [-0.4, -0.2) is 25.7 Å². The van der Waals surface area contributed by atoms with E-state index in [-0.39, 0.29) is 0 Å². The summed E-state index contributed by atoms with van der Waals surface area (Å²) in [6.07, 6.45) is 0. The molecule has 1 atom stereocenters. The van der Waals surface area contributed by atoms with Crippen molar-refractivity contribution in [2.24, 2.45) is 16.6 Å². The van der Waals surface area contributed by atoms with Gasteiger partial charge in [0.05, 0.1) is 0 Å². The summed E-state index contributed by atoms with van der Waals surface area (Å²) < 4.78 is 0.904. The van der Waals surface area contributed by atoms with Gasteiger partial charge in [-0.25, -0.2) is 0 Å². The Morgan fingerprint density at radius 2 is 2.44 bits per heavy atom. The zero-order chi connectivity index (χ0) is 6.85. The second-order valence-electron chi connectivity index (χ2n) is 2.59. The number of nitrogens with two attached hydrogens (primary N) is 1. The number of nitrogens with zero attached hydrogens (tertiary/aromatic N) is 1. The molecule has 0 spiro atoms. The molecule has 0 bridgehead atoms. The maximum atomic E-state index is 5.54. The van der Waals surface area contributed by atoms with Gasteiger partial charge in [0.1, 0.15) is 0 Å². The van der Waals surface area contributed by atoms with Crippen LogP contribution < -0.4 is 5.73 Å². The second-order valence-corrected chi connectivity index (χ2v) is 4.77. The first kappa shape index (κ1) is 7.10. The molecule has 0 amide bonds. The molecule has 52 valence electrons. The molecule has 0 saturated carbocycles. The summed E-state index contributed by atoms with van der Waals surface area (Å²) in [7, 11) is 0. The quantitative estimate of drug-likeness (QED) is 0.601. The van der Waals surface area contributed by atoms with Crippen molar-refractivity contribution in [3.8, 4) is 0 Å². The Hall–Kier alpha value is -0.0105. The van der Waals surface area contributed by atoms with Crippen LogP contribution in [0.25, 0.3) is 0 Å². The molecule has 1 heterocycles. The van der Waals surface area contributed by atoms with Crippen molar-refractivity contribution in [2.45, 2.75) is 25.2 Å². The van der Waals surface area contributed by atoms with Gasteiger partial charge in [0, 0.05) is 0 Å². The van der Waals surface area contributed by atoms with Gasteiger partial charge >= 0.3 is 61.5 Å². The van der Waals surface area contributed by atoms with E-state index in [4.69, 9.17) is 5.73 Å². The van der Waals surface area contributed by atoms with Gasteiger partial charge in [0.2, 0.25) is 0 Å². The van der Waals surface area contributed by atoms with Gasteiger partial charge in [0.25, 0.3) is 0 Å². The van der Waals surface area contributed by atoms with E-state index in [2.05, 4.69) is 18.8 Å². The predicted octanol–water partition coefficient (Wildman–Crippen LogP) is 0.462. The van der Waals surface area contributed by atoms with Gasteiger partial charge in [-0.05, 0) is 0 Å². The fraction of sp³-hybridized carbons (Fsp3) is 0.833.